The van der Waals surface area contributed by atoms with E-state index in [2.05, 4.69) is 10.6 Å². The Hall–Kier alpha value is -0.720. The van der Waals surface area contributed by atoms with Crippen molar-refractivity contribution in [2.24, 2.45) is 0 Å². The summed E-state index contributed by atoms with van der Waals surface area (Å²) >= 11 is 9.10. The molecule has 0 aliphatic carbocycles. The van der Waals surface area contributed by atoms with Crippen LogP contribution < -0.4 is 10.6 Å². The number of rotatable bonds is 4. The number of hydrogen-bond acceptors (Lipinski definition) is 4. The fourth-order valence-electron chi connectivity index (χ4n) is 3.34. The molecule has 3 heterocycles. The lowest BCUT2D eigenvalue weighted by molar-refractivity contribution is 0.0935. The summed E-state index contributed by atoms with van der Waals surface area (Å²) in [5.41, 5.74) is 0. The van der Waals surface area contributed by atoms with Crippen LogP contribution in [-0.2, 0) is 0 Å². The van der Waals surface area contributed by atoms with E-state index in [0.717, 1.165) is 25.4 Å². The lowest BCUT2D eigenvalue weighted by Crippen LogP contribution is -2.42. The Balaban J connectivity index is 0.00000169. The molecule has 1 aromatic heterocycles. The van der Waals surface area contributed by atoms with Crippen molar-refractivity contribution < 1.29 is 4.79 Å². The number of benzene rings is 1. The SMILES string of the molecule is Cl.O=C(N[C@@H]1CC2CCC1N2)c1ccc(Sc2ccc(Cl)cc2)s1. The normalized spacial score (nSPS) is 24.6. The predicted molar refractivity (Wildman–Crippen MR) is 103 cm³/mol. The van der Waals surface area contributed by atoms with Crippen LogP contribution in [0.25, 0.3) is 0 Å². The molecule has 2 N–H and O–H groups in total. The number of thiophene rings is 1. The van der Waals surface area contributed by atoms with Crippen molar-refractivity contribution in [1.82, 2.24) is 10.6 Å². The van der Waals surface area contributed by atoms with E-state index >= 15 is 0 Å². The Morgan fingerprint density at radius 2 is 2.00 bits per heavy atom. The van der Waals surface area contributed by atoms with Crippen molar-refractivity contribution in [2.75, 3.05) is 0 Å². The maximum Gasteiger partial charge on any atom is 0.261 e. The van der Waals surface area contributed by atoms with Crippen LogP contribution in [0.5, 0.6) is 0 Å². The molecular weight excluding hydrogens is 383 g/mol. The van der Waals surface area contributed by atoms with E-state index in [1.807, 2.05) is 36.4 Å². The van der Waals surface area contributed by atoms with E-state index in [1.54, 1.807) is 23.1 Å². The summed E-state index contributed by atoms with van der Waals surface area (Å²) in [5, 5.41) is 7.48. The first-order chi connectivity index (χ1) is 11.2. The fourth-order valence-corrected chi connectivity index (χ4v) is 5.47. The predicted octanol–water partition coefficient (Wildman–Crippen LogP) is 4.60. The van der Waals surface area contributed by atoms with Gasteiger partial charge in [-0.2, -0.15) is 0 Å². The number of nitrogens with one attached hydrogen (secondary N) is 2. The molecule has 4 rings (SSSR count). The van der Waals surface area contributed by atoms with Crippen LogP contribution in [0, 0.1) is 0 Å². The number of hydrogen-bond donors (Lipinski definition) is 2. The first-order valence-corrected chi connectivity index (χ1v) is 9.78. The third-order valence-electron chi connectivity index (χ3n) is 4.45. The first kappa shape index (κ1) is 18.1. The molecular formula is C17H18Cl2N2OS2. The Morgan fingerprint density at radius 3 is 2.67 bits per heavy atom. The zero-order chi connectivity index (χ0) is 15.8. The minimum absolute atomic E-state index is 0. The summed E-state index contributed by atoms with van der Waals surface area (Å²) in [5.74, 6) is 0.0531. The summed E-state index contributed by atoms with van der Waals surface area (Å²) in [7, 11) is 0. The number of amides is 1. The van der Waals surface area contributed by atoms with E-state index in [-0.39, 0.29) is 24.4 Å². The molecule has 0 radical (unpaired) electrons. The third kappa shape index (κ3) is 3.92. The van der Waals surface area contributed by atoms with Crippen molar-refractivity contribution in [2.45, 2.75) is 46.5 Å². The summed E-state index contributed by atoms with van der Waals surface area (Å²) in [6.45, 7) is 0. The fraction of sp³-hybridized carbons (Fsp3) is 0.353. The highest BCUT2D eigenvalue weighted by Gasteiger charge is 2.39. The van der Waals surface area contributed by atoms with Crippen molar-refractivity contribution in [3.63, 3.8) is 0 Å². The molecule has 2 aliphatic heterocycles. The molecule has 2 saturated heterocycles. The summed E-state index contributed by atoms with van der Waals surface area (Å²) in [6, 6.07) is 13.0. The minimum Gasteiger partial charge on any atom is -0.347 e. The van der Waals surface area contributed by atoms with E-state index in [4.69, 9.17) is 11.6 Å². The lowest BCUT2D eigenvalue weighted by atomic mass is 9.95. The van der Waals surface area contributed by atoms with Gasteiger partial charge in [0.1, 0.15) is 0 Å². The van der Waals surface area contributed by atoms with Crippen LogP contribution in [0.1, 0.15) is 28.9 Å². The maximum absolute atomic E-state index is 12.4. The monoisotopic (exact) mass is 400 g/mol. The largest absolute Gasteiger partial charge is 0.347 e. The number of carbonyl (C=O) groups excluding carboxylic acids is 1. The molecule has 3 nitrogen and oxygen atoms in total. The lowest BCUT2D eigenvalue weighted by Gasteiger charge is -2.20. The Morgan fingerprint density at radius 1 is 1.21 bits per heavy atom. The summed E-state index contributed by atoms with van der Waals surface area (Å²) in [4.78, 5) is 14.3. The maximum atomic E-state index is 12.4. The van der Waals surface area contributed by atoms with Crippen molar-refractivity contribution in [3.8, 4) is 0 Å². The highest BCUT2D eigenvalue weighted by atomic mass is 35.5. The van der Waals surface area contributed by atoms with Gasteiger partial charge in [-0.1, -0.05) is 23.4 Å². The van der Waals surface area contributed by atoms with Gasteiger partial charge in [-0.25, -0.2) is 0 Å². The zero-order valence-corrected chi connectivity index (χ0v) is 16.0. The van der Waals surface area contributed by atoms with Gasteiger partial charge in [0.15, 0.2) is 0 Å². The Kier molecular flexibility index (Phi) is 5.78. The van der Waals surface area contributed by atoms with Crippen molar-refractivity contribution in [3.05, 3.63) is 46.3 Å². The second-order valence-electron chi connectivity index (χ2n) is 6.04. The van der Waals surface area contributed by atoms with Crippen LogP contribution in [-0.4, -0.2) is 24.0 Å². The average molecular weight is 401 g/mol. The highest BCUT2D eigenvalue weighted by Crippen LogP contribution is 2.34. The molecule has 3 atom stereocenters. The Labute approximate surface area is 161 Å². The molecule has 1 aromatic carbocycles. The molecule has 2 bridgehead atoms. The van der Waals surface area contributed by atoms with Gasteiger partial charge in [-0.3, -0.25) is 4.79 Å². The van der Waals surface area contributed by atoms with Gasteiger partial charge in [0.05, 0.1) is 9.09 Å². The smallest absolute Gasteiger partial charge is 0.261 e. The van der Waals surface area contributed by atoms with Crippen LogP contribution in [0.3, 0.4) is 0 Å². The minimum atomic E-state index is 0. The second-order valence-corrected chi connectivity index (χ2v) is 8.93. The molecule has 2 aliphatic rings. The van der Waals surface area contributed by atoms with Crippen LogP contribution >= 0.6 is 47.1 Å². The van der Waals surface area contributed by atoms with E-state index in [0.29, 0.717) is 12.1 Å². The molecule has 2 fully saturated rings. The standard InChI is InChI=1S/C17H17ClN2OS2.ClH/c18-10-1-4-12(5-2-10)22-16-8-7-15(23-16)17(21)20-14-9-11-3-6-13(14)19-11;/h1-2,4-5,7-8,11,13-14,19H,3,6,9H2,(H,20,21);1H/t11?,13?,14-;/m1./s1. The van der Waals surface area contributed by atoms with Gasteiger partial charge in [-0.15, -0.1) is 23.7 Å². The molecule has 128 valence electrons. The van der Waals surface area contributed by atoms with Crippen molar-refractivity contribution in [1.29, 1.82) is 0 Å². The van der Waals surface area contributed by atoms with E-state index in [9.17, 15) is 4.79 Å². The first-order valence-electron chi connectivity index (χ1n) is 7.77. The van der Waals surface area contributed by atoms with Gasteiger partial charge in [-0.05, 0) is 55.7 Å². The van der Waals surface area contributed by atoms with Gasteiger partial charge >= 0.3 is 0 Å². The summed E-state index contributed by atoms with van der Waals surface area (Å²) < 4.78 is 1.11. The highest BCUT2D eigenvalue weighted by molar-refractivity contribution is 8.01. The van der Waals surface area contributed by atoms with Gasteiger partial charge < -0.3 is 10.6 Å². The zero-order valence-electron chi connectivity index (χ0n) is 12.8. The van der Waals surface area contributed by atoms with Gasteiger partial charge in [0.25, 0.3) is 5.91 Å². The molecule has 2 aromatic rings. The summed E-state index contributed by atoms with van der Waals surface area (Å²) in [6.07, 6.45) is 3.49. The quantitative estimate of drug-likeness (QED) is 0.787. The van der Waals surface area contributed by atoms with E-state index < -0.39 is 0 Å². The van der Waals surface area contributed by atoms with Crippen molar-refractivity contribution >= 4 is 53.0 Å². The van der Waals surface area contributed by atoms with Gasteiger partial charge in [0.2, 0.25) is 0 Å². The molecule has 0 saturated carbocycles. The average Bonchev–Trinajstić information content (AvgIpc) is 3.26. The molecule has 1 amide bonds. The molecule has 0 spiro atoms. The number of fused-ring (bicyclic) bond motifs is 2. The molecule has 24 heavy (non-hydrogen) atoms. The second kappa shape index (κ2) is 7.67. The van der Waals surface area contributed by atoms with Crippen LogP contribution in [0.4, 0.5) is 0 Å². The molecule has 7 heteroatoms. The van der Waals surface area contributed by atoms with E-state index in [1.165, 1.54) is 12.8 Å². The number of halogens is 2. The van der Waals surface area contributed by atoms with Gasteiger partial charge in [0, 0.05) is 28.0 Å². The van der Waals surface area contributed by atoms with Crippen LogP contribution in [0.2, 0.25) is 5.02 Å². The van der Waals surface area contributed by atoms with Crippen LogP contribution in [0.15, 0.2) is 45.5 Å². The third-order valence-corrected chi connectivity index (χ3v) is 6.93. The molecule has 2 unspecified atom stereocenters. The topological polar surface area (TPSA) is 41.1 Å². The Bertz CT molecular complexity index is 720. The number of carbonyl (C=O) groups is 1.